The SMILES string of the molecule is CN=C(NCc1c(C)nn(C)c1C)NCC(c1cccc(OC)c1)N(C)C. The number of likely N-dealkylation sites (N-methyl/N-ethyl adjacent to an activating group) is 1. The predicted octanol–water partition coefficient (Wildman–Crippen LogP) is 2.01. The van der Waals surface area contributed by atoms with Crippen LogP contribution < -0.4 is 15.4 Å². The quantitative estimate of drug-likeness (QED) is 0.575. The van der Waals surface area contributed by atoms with E-state index in [2.05, 4.69) is 58.8 Å². The Balaban J connectivity index is 2.02. The molecule has 0 amide bonds. The lowest BCUT2D eigenvalue weighted by Gasteiger charge is -2.26. The molecule has 0 fully saturated rings. The van der Waals surface area contributed by atoms with Gasteiger partial charge in [0.25, 0.3) is 0 Å². The van der Waals surface area contributed by atoms with Gasteiger partial charge < -0.3 is 20.3 Å². The highest BCUT2D eigenvalue weighted by Gasteiger charge is 2.16. The second kappa shape index (κ2) is 9.41. The first kappa shape index (κ1) is 20.8. The molecule has 2 rings (SSSR count). The molecule has 2 aromatic rings. The molecule has 0 spiro atoms. The molecule has 0 saturated heterocycles. The molecule has 148 valence electrons. The Labute approximate surface area is 162 Å². The van der Waals surface area contributed by atoms with Crippen molar-refractivity contribution in [3.63, 3.8) is 0 Å². The van der Waals surface area contributed by atoms with E-state index in [1.54, 1.807) is 14.2 Å². The van der Waals surface area contributed by atoms with Crippen molar-refractivity contribution in [2.45, 2.75) is 26.4 Å². The van der Waals surface area contributed by atoms with E-state index in [-0.39, 0.29) is 6.04 Å². The number of methoxy groups -OCH3 is 1. The molecular weight excluding hydrogens is 340 g/mol. The normalized spacial score (nSPS) is 13.0. The van der Waals surface area contributed by atoms with Crippen molar-refractivity contribution in [2.75, 3.05) is 34.8 Å². The van der Waals surface area contributed by atoms with E-state index in [4.69, 9.17) is 4.74 Å². The molecular formula is C20H32N6O. The molecule has 0 aliphatic heterocycles. The second-order valence-electron chi connectivity index (χ2n) is 6.84. The third kappa shape index (κ3) is 5.23. The minimum Gasteiger partial charge on any atom is -0.497 e. The molecule has 0 saturated carbocycles. The Hall–Kier alpha value is -2.54. The van der Waals surface area contributed by atoms with Crippen LogP contribution >= 0.6 is 0 Å². The molecule has 1 aromatic heterocycles. The first-order chi connectivity index (χ1) is 12.9. The van der Waals surface area contributed by atoms with Crippen molar-refractivity contribution in [2.24, 2.45) is 12.0 Å². The topological polar surface area (TPSA) is 66.7 Å². The summed E-state index contributed by atoms with van der Waals surface area (Å²) in [5.74, 6) is 1.64. The number of aryl methyl sites for hydroxylation is 2. The van der Waals surface area contributed by atoms with Gasteiger partial charge in [-0.15, -0.1) is 0 Å². The Morgan fingerprint density at radius 1 is 1.30 bits per heavy atom. The van der Waals surface area contributed by atoms with Gasteiger partial charge in [0.1, 0.15) is 5.75 Å². The molecule has 2 N–H and O–H groups in total. The average Bonchev–Trinajstić information content (AvgIpc) is 2.89. The highest BCUT2D eigenvalue weighted by molar-refractivity contribution is 5.79. The van der Waals surface area contributed by atoms with Gasteiger partial charge in [-0.1, -0.05) is 12.1 Å². The zero-order valence-corrected chi connectivity index (χ0v) is 17.5. The number of aliphatic imine (C=N–C) groups is 1. The number of nitrogens with one attached hydrogen (secondary N) is 2. The van der Waals surface area contributed by atoms with Crippen LogP contribution in [0.15, 0.2) is 29.3 Å². The number of rotatable bonds is 7. The zero-order valence-electron chi connectivity index (χ0n) is 17.5. The van der Waals surface area contributed by atoms with Gasteiger partial charge in [0.05, 0.1) is 18.8 Å². The Morgan fingerprint density at radius 3 is 2.59 bits per heavy atom. The van der Waals surface area contributed by atoms with Crippen LogP contribution in [0.3, 0.4) is 0 Å². The maximum absolute atomic E-state index is 5.36. The summed E-state index contributed by atoms with van der Waals surface area (Å²) in [5, 5.41) is 11.3. The summed E-state index contributed by atoms with van der Waals surface area (Å²) in [6, 6.07) is 8.37. The number of nitrogens with zero attached hydrogens (tertiary/aromatic N) is 4. The molecule has 1 aromatic carbocycles. The van der Waals surface area contributed by atoms with E-state index in [9.17, 15) is 0 Å². The summed E-state index contributed by atoms with van der Waals surface area (Å²) in [7, 11) is 9.59. The minimum atomic E-state index is 0.195. The minimum absolute atomic E-state index is 0.195. The molecule has 1 atom stereocenters. The summed E-state index contributed by atoms with van der Waals surface area (Å²) in [4.78, 5) is 6.54. The molecule has 0 aliphatic carbocycles. The summed E-state index contributed by atoms with van der Waals surface area (Å²) in [6.45, 7) is 5.53. The molecule has 7 heteroatoms. The van der Waals surface area contributed by atoms with Crippen molar-refractivity contribution < 1.29 is 4.74 Å². The fraction of sp³-hybridized carbons (Fsp3) is 0.500. The van der Waals surface area contributed by atoms with Gasteiger partial charge in [-0.25, -0.2) is 0 Å². The van der Waals surface area contributed by atoms with Gasteiger partial charge in [0.2, 0.25) is 0 Å². The van der Waals surface area contributed by atoms with Crippen LogP contribution in [0.2, 0.25) is 0 Å². The highest BCUT2D eigenvalue weighted by Crippen LogP contribution is 2.22. The van der Waals surface area contributed by atoms with Crippen molar-refractivity contribution in [3.05, 3.63) is 46.8 Å². The van der Waals surface area contributed by atoms with Crippen LogP contribution in [0.1, 0.15) is 28.6 Å². The largest absolute Gasteiger partial charge is 0.497 e. The Morgan fingerprint density at radius 2 is 2.04 bits per heavy atom. The average molecular weight is 373 g/mol. The van der Waals surface area contributed by atoms with Crippen LogP contribution in [-0.4, -0.2) is 55.4 Å². The zero-order chi connectivity index (χ0) is 20.0. The maximum atomic E-state index is 5.36. The lowest BCUT2D eigenvalue weighted by atomic mass is 10.1. The highest BCUT2D eigenvalue weighted by atomic mass is 16.5. The molecule has 0 radical (unpaired) electrons. The van der Waals surface area contributed by atoms with E-state index < -0.39 is 0 Å². The maximum Gasteiger partial charge on any atom is 0.191 e. The van der Waals surface area contributed by atoms with Gasteiger partial charge in [0.15, 0.2) is 5.96 Å². The van der Waals surface area contributed by atoms with Gasteiger partial charge in [-0.05, 0) is 45.6 Å². The Bertz CT molecular complexity index is 781. The number of ether oxygens (including phenoxy) is 1. The van der Waals surface area contributed by atoms with Crippen LogP contribution in [0.5, 0.6) is 5.75 Å². The molecule has 0 aliphatic rings. The summed E-state index contributed by atoms with van der Waals surface area (Å²) in [6.07, 6.45) is 0. The molecule has 0 bridgehead atoms. The van der Waals surface area contributed by atoms with Gasteiger partial charge >= 0.3 is 0 Å². The molecule has 27 heavy (non-hydrogen) atoms. The molecule has 7 nitrogen and oxygen atoms in total. The lowest BCUT2D eigenvalue weighted by Crippen LogP contribution is -2.41. The fourth-order valence-electron chi connectivity index (χ4n) is 3.11. The van der Waals surface area contributed by atoms with Crippen LogP contribution in [0.25, 0.3) is 0 Å². The standard InChI is InChI=1S/C20H32N6O/c1-14-18(15(2)26(6)24-14)12-22-20(21-3)23-13-19(25(4)5)16-9-8-10-17(11-16)27-7/h8-11,19H,12-13H2,1-7H3,(H2,21,22,23). The number of aromatic nitrogens is 2. The number of hydrogen-bond donors (Lipinski definition) is 2. The van der Waals surface area contributed by atoms with Gasteiger partial charge in [-0.2, -0.15) is 5.10 Å². The number of guanidine groups is 1. The number of benzene rings is 1. The second-order valence-corrected chi connectivity index (χ2v) is 6.84. The van der Waals surface area contributed by atoms with Gasteiger partial charge in [0, 0.05) is 38.4 Å². The van der Waals surface area contributed by atoms with Crippen molar-refractivity contribution in [1.29, 1.82) is 0 Å². The van der Waals surface area contributed by atoms with E-state index in [0.717, 1.165) is 29.6 Å². The third-order valence-corrected chi connectivity index (χ3v) is 4.88. The van der Waals surface area contributed by atoms with E-state index in [1.165, 1.54) is 11.1 Å². The van der Waals surface area contributed by atoms with Crippen molar-refractivity contribution in [3.8, 4) is 5.75 Å². The van der Waals surface area contributed by atoms with Crippen molar-refractivity contribution >= 4 is 5.96 Å². The summed E-state index contributed by atoms with van der Waals surface area (Å²) < 4.78 is 7.27. The van der Waals surface area contributed by atoms with Crippen LogP contribution in [0, 0.1) is 13.8 Å². The molecule has 1 unspecified atom stereocenters. The monoisotopic (exact) mass is 372 g/mol. The van der Waals surface area contributed by atoms with Crippen LogP contribution in [0.4, 0.5) is 0 Å². The summed E-state index contributed by atoms with van der Waals surface area (Å²) in [5.41, 5.74) is 4.61. The summed E-state index contributed by atoms with van der Waals surface area (Å²) >= 11 is 0. The van der Waals surface area contributed by atoms with E-state index in [1.807, 2.05) is 30.8 Å². The predicted molar refractivity (Wildman–Crippen MR) is 110 cm³/mol. The first-order valence-electron chi connectivity index (χ1n) is 9.11. The Kier molecular flexibility index (Phi) is 7.24. The smallest absolute Gasteiger partial charge is 0.191 e. The van der Waals surface area contributed by atoms with Gasteiger partial charge in [-0.3, -0.25) is 9.67 Å². The van der Waals surface area contributed by atoms with E-state index >= 15 is 0 Å². The van der Waals surface area contributed by atoms with Crippen LogP contribution in [-0.2, 0) is 13.6 Å². The van der Waals surface area contributed by atoms with E-state index in [0.29, 0.717) is 6.54 Å². The lowest BCUT2D eigenvalue weighted by molar-refractivity contribution is 0.297. The third-order valence-electron chi connectivity index (χ3n) is 4.88. The molecule has 1 heterocycles. The van der Waals surface area contributed by atoms with Crippen molar-refractivity contribution in [1.82, 2.24) is 25.3 Å². The fourth-order valence-corrected chi connectivity index (χ4v) is 3.11. The number of hydrogen-bond acceptors (Lipinski definition) is 4. The first-order valence-corrected chi connectivity index (χ1v) is 9.11.